The Morgan fingerprint density at radius 2 is 1.77 bits per heavy atom. The van der Waals surface area contributed by atoms with Gasteiger partial charge in [-0.1, -0.05) is 35.9 Å². The van der Waals surface area contributed by atoms with Crippen molar-refractivity contribution in [1.82, 2.24) is 13.7 Å². The number of hydrogen-bond acceptors (Lipinski definition) is 4. The SMILES string of the molecule is Cc1cccc(-c2c3c(=O)n(C)c(=O)n(C)c3c3n2CCO[C@@H]3c2ccc(O)cc2)c1. The summed E-state index contributed by atoms with van der Waals surface area (Å²) in [6, 6.07) is 14.9. The fourth-order valence-electron chi connectivity index (χ4n) is 4.58. The Hall–Kier alpha value is -3.58. The van der Waals surface area contributed by atoms with Gasteiger partial charge in [-0.3, -0.25) is 13.9 Å². The first-order chi connectivity index (χ1) is 14.9. The number of aryl methyl sites for hydroxylation is 2. The monoisotopic (exact) mass is 417 g/mol. The highest BCUT2D eigenvalue weighted by molar-refractivity contribution is 5.96. The molecule has 2 aromatic heterocycles. The fourth-order valence-corrected chi connectivity index (χ4v) is 4.58. The molecular weight excluding hydrogens is 394 g/mol. The number of phenolic OH excluding ortho intramolecular Hbond substituents is 1. The summed E-state index contributed by atoms with van der Waals surface area (Å²) in [4.78, 5) is 26.2. The number of hydrogen-bond donors (Lipinski definition) is 1. The molecule has 0 spiro atoms. The van der Waals surface area contributed by atoms with Crippen LogP contribution in [-0.4, -0.2) is 25.4 Å². The van der Waals surface area contributed by atoms with E-state index < -0.39 is 6.10 Å². The molecule has 0 unspecified atom stereocenters. The van der Waals surface area contributed by atoms with E-state index in [2.05, 4.69) is 10.6 Å². The Morgan fingerprint density at radius 3 is 2.48 bits per heavy atom. The summed E-state index contributed by atoms with van der Waals surface area (Å²) in [6.45, 7) is 3.05. The zero-order valence-electron chi connectivity index (χ0n) is 17.6. The minimum atomic E-state index is -0.465. The number of ether oxygens (including phenoxy) is 1. The van der Waals surface area contributed by atoms with Crippen molar-refractivity contribution in [3.63, 3.8) is 0 Å². The number of benzene rings is 2. The molecule has 0 radical (unpaired) electrons. The van der Waals surface area contributed by atoms with Crippen LogP contribution in [0.1, 0.15) is 22.9 Å². The maximum atomic E-state index is 13.3. The van der Waals surface area contributed by atoms with E-state index in [0.29, 0.717) is 24.1 Å². The predicted molar refractivity (Wildman–Crippen MR) is 118 cm³/mol. The fraction of sp³-hybridized carbons (Fsp3) is 0.250. The third-order valence-corrected chi connectivity index (χ3v) is 6.04. The van der Waals surface area contributed by atoms with Crippen molar-refractivity contribution in [3.05, 3.63) is 86.2 Å². The van der Waals surface area contributed by atoms with Crippen molar-refractivity contribution < 1.29 is 9.84 Å². The maximum absolute atomic E-state index is 13.3. The van der Waals surface area contributed by atoms with Gasteiger partial charge in [0, 0.05) is 20.6 Å². The van der Waals surface area contributed by atoms with Crippen molar-refractivity contribution in [3.8, 4) is 17.0 Å². The number of aromatic hydroxyl groups is 1. The average Bonchev–Trinajstić information content (AvgIpc) is 3.12. The lowest BCUT2D eigenvalue weighted by Crippen LogP contribution is -2.37. The third-order valence-electron chi connectivity index (χ3n) is 6.04. The molecule has 0 saturated carbocycles. The van der Waals surface area contributed by atoms with Crippen molar-refractivity contribution in [2.45, 2.75) is 19.6 Å². The number of aromatic nitrogens is 3. The van der Waals surface area contributed by atoms with E-state index in [1.54, 1.807) is 31.3 Å². The molecule has 1 aliphatic heterocycles. The smallest absolute Gasteiger partial charge is 0.331 e. The Bertz CT molecular complexity index is 1440. The highest BCUT2D eigenvalue weighted by Crippen LogP contribution is 2.40. The number of phenols is 1. The standard InChI is InChI=1S/C24H23N3O4/c1-14-5-4-6-16(13-14)19-18-20(25(2)24(30)26(3)23(18)29)21-22(31-12-11-27(19)21)15-7-9-17(28)10-8-15/h4-10,13,22,28H,11-12H2,1-3H3/t22-/m1/s1. The van der Waals surface area contributed by atoms with Gasteiger partial charge in [0.25, 0.3) is 5.56 Å². The predicted octanol–water partition coefficient (Wildman–Crippen LogP) is 2.84. The summed E-state index contributed by atoms with van der Waals surface area (Å²) in [5, 5.41) is 10.2. The summed E-state index contributed by atoms with van der Waals surface area (Å²) in [5.74, 6) is 0.168. The second kappa shape index (κ2) is 6.99. The molecule has 0 aliphatic carbocycles. The van der Waals surface area contributed by atoms with E-state index in [0.717, 1.165) is 32.6 Å². The lowest BCUT2D eigenvalue weighted by molar-refractivity contribution is 0.0478. The lowest BCUT2D eigenvalue weighted by atomic mass is 10.0. The summed E-state index contributed by atoms with van der Waals surface area (Å²) in [5.41, 5.74) is 4.34. The van der Waals surface area contributed by atoms with E-state index >= 15 is 0 Å². The van der Waals surface area contributed by atoms with Gasteiger partial charge in [-0.2, -0.15) is 0 Å². The molecule has 158 valence electrons. The number of fused-ring (bicyclic) bond motifs is 3. The number of rotatable bonds is 2. The van der Waals surface area contributed by atoms with Crippen molar-refractivity contribution in [1.29, 1.82) is 0 Å². The van der Waals surface area contributed by atoms with Gasteiger partial charge in [0.05, 0.1) is 28.9 Å². The number of nitrogens with zero attached hydrogens (tertiary/aromatic N) is 3. The van der Waals surface area contributed by atoms with Crippen LogP contribution in [0.4, 0.5) is 0 Å². The molecule has 1 N–H and O–H groups in total. The normalized spacial score (nSPS) is 15.9. The van der Waals surface area contributed by atoms with Crippen LogP contribution < -0.4 is 11.2 Å². The molecule has 5 rings (SSSR count). The van der Waals surface area contributed by atoms with E-state index in [9.17, 15) is 14.7 Å². The third kappa shape index (κ3) is 2.84. The van der Waals surface area contributed by atoms with Gasteiger partial charge in [-0.25, -0.2) is 4.79 Å². The molecule has 4 aromatic rings. The van der Waals surface area contributed by atoms with Crippen LogP contribution in [0.5, 0.6) is 5.75 Å². The molecule has 0 saturated heterocycles. The Balaban J connectivity index is 1.94. The van der Waals surface area contributed by atoms with Gasteiger partial charge in [-0.05, 0) is 36.2 Å². The van der Waals surface area contributed by atoms with Crippen molar-refractivity contribution in [2.24, 2.45) is 14.1 Å². The summed E-state index contributed by atoms with van der Waals surface area (Å²) >= 11 is 0. The van der Waals surface area contributed by atoms with Crippen molar-refractivity contribution >= 4 is 10.9 Å². The first-order valence-corrected chi connectivity index (χ1v) is 10.2. The van der Waals surface area contributed by atoms with Gasteiger partial charge in [0.2, 0.25) is 0 Å². The van der Waals surface area contributed by atoms with Gasteiger partial charge in [-0.15, -0.1) is 0 Å². The summed E-state index contributed by atoms with van der Waals surface area (Å²) < 4.78 is 11.0. The highest BCUT2D eigenvalue weighted by Gasteiger charge is 2.33. The average molecular weight is 417 g/mol. The molecule has 2 aromatic carbocycles. The first kappa shape index (κ1) is 19.4. The Labute approximate surface area is 178 Å². The molecule has 7 heteroatoms. The Morgan fingerprint density at radius 1 is 1.03 bits per heavy atom. The van der Waals surface area contributed by atoms with Gasteiger partial charge >= 0.3 is 5.69 Å². The van der Waals surface area contributed by atoms with Crippen LogP contribution in [-0.2, 0) is 25.4 Å². The maximum Gasteiger partial charge on any atom is 0.331 e. The molecule has 31 heavy (non-hydrogen) atoms. The molecule has 1 atom stereocenters. The molecule has 3 heterocycles. The minimum Gasteiger partial charge on any atom is -0.508 e. The second-order valence-corrected chi connectivity index (χ2v) is 8.03. The van der Waals surface area contributed by atoms with Crippen LogP contribution >= 0.6 is 0 Å². The first-order valence-electron chi connectivity index (χ1n) is 10.2. The molecule has 0 fully saturated rings. The molecule has 7 nitrogen and oxygen atoms in total. The summed E-state index contributed by atoms with van der Waals surface area (Å²) in [7, 11) is 3.20. The zero-order valence-corrected chi connectivity index (χ0v) is 17.6. The molecular formula is C24H23N3O4. The lowest BCUT2D eigenvalue weighted by Gasteiger charge is -2.27. The van der Waals surface area contributed by atoms with Gasteiger partial charge < -0.3 is 14.4 Å². The van der Waals surface area contributed by atoms with Crippen LogP contribution in [0.2, 0.25) is 0 Å². The topological polar surface area (TPSA) is 78.4 Å². The second-order valence-electron chi connectivity index (χ2n) is 8.03. The van der Waals surface area contributed by atoms with Crippen LogP contribution in [0.25, 0.3) is 22.2 Å². The Kier molecular flexibility index (Phi) is 4.37. The molecule has 0 bridgehead atoms. The highest BCUT2D eigenvalue weighted by atomic mass is 16.5. The quantitative estimate of drug-likeness (QED) is 0.544. The molecule has 1 aliphatic rings. The van der Waals surface area contributed by atoms with E-state index in [4.69, 9.17) is 4.74 Å². The minimum absolute atomic E-state index is 0.168. The zero-order chi connectivity index (χ0) is 21.9. The van der Waals surface area contributed by atoms with Gasteiger partial charge in [0.15, 0.2) is 0 Å². The van der Waals surface area contributed by atoms with Crippen LogP contribution in [0.3, 0.4) is 0 Å². The largest absolute Gasteiger partial charge is 0.508 e. The van der Waals surface area contributed by atoms with E-state index in [1.165, 1.54) is 11.6 Å². The van der Waals surface area contributed by atoms with Crippen molar-refractivity contribution in [2.75, 3.05) is 6.61 Å². The summed E-state index contributed by atoms with van der Waals surface area (Å²) in [6.07, 6.45) is -0.465. The van der Waals surface area contributed by atoms with E-state index in [1.807, 2.05) is 25.1 Å². The van der Waals surface area contributed by atoms with Crippen LogP contribution in [0, 0.1) is 6.92 Å². The molecule has 0 amide bonds. The van der Waals surface area contributed by atoms with Gasteiger partial charge in [0.1, 0.15) is 11.9 Å². The van der Waals surface area contributed by atoms with E-state index in [-0.39, 0.29) is 17.0 Å². The van der Waals surface area contributed by atoms with Crippen LogP contribution in [0.15, 0.2) is 58.1 Å².